The molecule has 1 fully saturated rings. The fourth-order valence-corrected chi connectivity index (χ4v) is 2.04. The van der Waals surface area contributed by atoms with Crippen LogP contribution in [0.2, 0.25) is 0 Å². The molecule has 0 amide bonds. The van der Waals surface area contributed by atoms with E-state index in [9.17, 15) is 10.2 Å². The van der Waals surface area contributed by atoms with Crippen LogP contribution in [0.25, 0.3) is 0 Å². The van der Waals surface area contributed by atoms with Crippen molar-refractivity contribution in [2.75, 3.05) is 19.8 Å². The summed E-state index contributed by atoms with van der Waals surface area (Å²) in [6, 6.07) is 0. The molecule has 1 heterocycles. The molecule has 112 valence electrons. The molecule has 0 aromatic rings. The van der Waals surface area contributed by atoms with Crippen molar-refractivity contribution >= 4 is 0 Å². The lowest BCUT2D eigenvalue weighted by Crippen LogP contribution is -2.54. The second kappa shape index (κ2) is 9.44. The molecule has 0 saturated carbocycles. The summed E-state index contributed by atoms with van der Waals surface area (Å²) in [5.74, 6) is 0. The summed E-state index contributed by atoms with van der Waals surface area (Å²) in [4.78, 5) is 0. The van der Waals surface area contributed by atoms with Gasteiger partial charge >= 0.3 is 0 Å². The summed E-state index contributed by atoms with van der Waals surface area (Å²) in [6.45, 7) is 2.45. The summed E-state index contributed by atoms with van der Waals surface area (Å²) >= 11 is 0. The molecular formula is C14H26O5. The molecule has 5 heteroatoms. The van der Waals surface area contributed by atoms with Crippen molar-refractivity contribution in [2.24, 2.45) is 0 Å². The lowest BCUT2D eigenvalue weighted by molar-refractivity contribution is -0.205. The molecule has 0 aliphatic carbocycles. The van der Waals surface area contributed by atoms with E-state index in [-0.39, 0.29) is 13.2 Å². The lowest BCUT2D eigenvalue weighted by atomic mass is 10.0. The number of hydrogen-bond acceptors (Lipinski definition) is 5. The van der Waals surface area contributed by atoms with E-state index in [4.69, 9.17) is 14.6 Å². The van der Waals surface area contributed by atoms with Crippen molar-refractivity contribution in [1.29, 1.82) is 0 Å². The van der Waals surface area contributed by atoms with Crippen LogP contribution in [0, 0.1) is 0 Å². The first-order valence-electron chi connectivity index (χ1n) is 7.05. The van der Waals surface area contributed by atoms with Crippen molar-refractivity contribution in [3.63, 3.8) is 0 Å². The molecule has 0 unspecified atom stereocenters. The Morgan fingerprint density at radius 3 is 2.68 bits per heavy atom. The summed E-state index contributed by atoms with van der Waals surface area (Å²) in [5, 5.41) is 28.4. The number of unbranched alkanes of at least 4 members (excludes halogenated alkanes) is 3. The van der Waals surface area contributed by atoms with E-state index in [1.165, 1.54) is 19.3 Å². The average molecular weight is 274 g/mol. The molecule has 3 N–H and O–H groups in total. The molecule has 1 saturated heterocycles. The van der Waals surface area contributed by atoms with Crippen LogP contribution in [0.3, 0.4) is 0 Å². The van der Waals surface area contributed by atoms with E-state index >= 15 is 0 Å². The topological polar surface area (TPSA) is 79.2 Å². The third-order valence-electron chi connectivity index (χ3n) is 3.31. The van der Waals surface area contributed by atoms with Gasteiger partial charge in [0.2, 0.25) is 0 Å². The smallest absolute Gasteiger partial charge is 0.111 e. The van der Waals surface area contributed by atoms with Gasteiger partial charge in [0.25, 0.3) is 0 Å². The molecule has 4 atom stereocenters. The highest BCUT2D eigenvalue weighted by atomic mass is 16.6. The first kappa shape index (κ1) is 16.6. The zero-order valence-corrected chi connectivity index (χ0v) is 11.6. The van der Waals surface area contributed by atoms with Crippen molar-refractivity contribution in [1.82, 2.24) is 0 Å². The quantitative estimate of drug-likeness (QED) is 0.447. The van der Waals surface area contributed by atoms with Crippen molar-refractivity contribution in [3.05, 3.63) is 12.2 Å². The van der Waals surface area contributed by atoms with Crippen LogP contribution in [-0.4, -0.2) is 59.6 Å². The van der Waals surface area contributed by atoms with Gasteiger partial charge < -0.3 is 24.8 Å². The lowest BCUT2D eigenvalue weighted by Gasteiger charge is -2.36. The largest absolute Gasteiger partial charge is 0.394 e. The fraction of sp³-hybridized carbons (Fsp3) is 0.857. The van der Waals surface area contributed by atoms with Crippen LogP contribution in [0.5, 0.6) is 0 Å². The van der Waals surface area contributed by atoms with Crippen molar-refractivity contribution < 1.29 is 24.8 Å². The Bertz CT molecular complexity index is 256. The summed E-state index contributed by atoms with van der Waals surface area (Å²) in [7, 11) is 0. The van der Waals surface area contributed by atoms with E-state index in [2.05, 4.69) is 13.0 Å². The number of rotatable bonds is 8. The first-order chi connectivity index (χ1) is 9.20. The van der Waals surface area contributed by atoms with Gasteiger partial charge in [-0.2, -0.15) is 0 Å². The average Bonchev–Trinajstić information content (AvgIpc) is 2.42. The van der Waals surface area contributed by atoms with E-state index in [1.807, 2.05) is 6.08 Å². The second-order valence-corrected chi connectivity index (χ2v) is 4.87. The van der Waals surface area contributed by atoms with Gasteiger partial charge in [0.05, 0.1) is 19.8 Å². The van der Waals surface area contributed by atoms with Gasteiger partial charge in [-0.25, -0.2) is 0 Å². The number of aliphatic hydroxyl groups is 3. The monoisotopic (exact) mass is 274 g/mol. The van der Waals surface area contributed by atoms with E-state index in [0.29, 0.717) is 6.61 Å². The molecule has 19 heavy (non-hydrogen) atoms. The maximum atomic E-state index is 9.82. The predicted octanol–water partition coefficient (Wildman–Crippen LogP) is 0.621. The van der Waals surface area contributed by atoms with Gasteiger partial charge in [0, 0.05) is 0 Å². The van der Waals surface area contributed by atoms with Gasteiger partial charge in [-0.1, -0.05) is 31.9 Å². The summed E-state index contributed by atoms with van der Waals surface area (Å²) < 4.78 is 10.7. The van der Waals surface area contributed by atoms with Crippen LogP contribution in [-0.2, 0) is 9.47 Å². The van der Waals surface area contributed by atoms with Crippen LogP contribution >= 0.6 is 0 Å². The zero-order chi connectivity index (χ0) is 14.1. The summed E-state index contributed by atoms with van der Waals surface area (Å²) in [5.41, 5.74) is 0. The van der Waals surface area contributed by atoms with Gasteiger partial charge in [-0.3, -0.25) is 0 Å². The number of allylic oxidation sites excluding steroid dienone is 1. The molecule has 0 aromatic heterocycles. The van der Waals surface area contributed by atoms with Crippen molar-refractivity contribution in [2.45, 2.75) is 57.0 Å². The molecule has 1 aliphatic rings. The minimum atomic E-state index is -1.10. The number of ether oxygens (including phenoxy) is 2. The van der Waals surface area contributed by atoms with Crippen LogP contribution in [0.1, 0.15) is 32.6 Å². The Hall–Kier alpha value is -0.460. The van der Waals surface area contributed by atoms with Gasteiger partial charge in [0.15, 0.2) is 0 Å². The van der Waals surface area contributed by atoms with E-state index in [1.54, 1.807) is 0 Å². The molecule has 0 radical (unpaired) electrons. The third-order valence-corrected chi connectivity index (χ3v) is 3.31. The Morgan fingerprint density at radius 2 is 2.00 bits per heavy atom. The Labute approximate surface area is 114 Å². The minimum absolute atomic E-state index is 0.188. The molecule has 1 rings (SSSR count). The van der Waals surface area contributed by atoms with Gasteiger partial charge in [0.1, 0.15) is 24.4 Å². The first-order valence-corrected chi connectivity index (χ1v) is 7.05. The highest BCUT2D eigenvalue weighted by Crippen LogP contribution is 2.17. The maximum absolute atomic E-state index is 9.82. The molecule has 0 spiro atoms. The Balaban J connectivity index is 2.19. The van der Waals surface area contributed by atoms with Crippen LogP contribution < -0.4 is 0 Å². The highest BCUT2D eigenvalue weighted by Gasteiger charge is 2.38. The third kappa shape index (κ3) is 5.58. The second-order valence-electron chi connectivity index (χ2n) is 4.87. The molecule has 0 bridgehead atoms. The normalized spacial score (nSPS) is 32.0. The standard InChI is InChI=1S/C14H26O5/c1-2-3-4-5-6-7-8-18-12-10-19-11(9-15)13(16)14(12)17/h6-7,11-17H,2-5,8-10H2,1H3/b7-6+/t11-,12+,13-,14-/m1/s1. The van der Waals surface area contributed by atoms with Gasteiger partial charge in [-0.15, -0.1) is 0 Å². The predicted molar refractivity (Wildman–Crippen MR) is 71.9 cm³/mol. The molecule has 0 aromatic carbocycles. The van der Waals surface area contributed by atoms with Gasteiger partial charge in [-0.05, 0) is 12.8 Å². The fourth-order valence-electron chi connectivity index (χ4n) is 2.04. The number of aliphatic hydroxyl groups excluding tert-OH is 3. The van der Waals surface area contributed by atoms with Crippen LogP contribution in [0.4, 0.5) is 0 Å². The van der Waals surface area contributed by atoms with Crippen molar-refractivity contribution in [3.8, 4) is 0 Å². The van der Waals surface area contributed by atoms with Crippen LogP contribution in [0.15, 0.2) is 12.2 Å². The SMILES string of the molecule is CCCCC/C=C/CO[C@H]1CO[C@H](CO)[C@@H](O)[C@@H]1O. The molecule has 1 aliphatic heterocycles. The van der Waals surface area contributed by atoms with E-state index in [0.717, 1.165) is 6.42 Å². The highest BCUT2D eigenvalue weighted by molar-refractivity contribution is 4.88. The summed E-state index contributed by atoms with van der Waals surface area (Å²) in [6.07, 6.45) is 5.27. The minimum Gasteiger partial charge on any atom is -0.394 e. The zero-order valence-electron chi connectivity index (χ0n) is 11.6. The Morgan fingerprint density at radius 1 is 1.21 bits per heavy atom. The molecular weight excluding hydrogens is 248 g/mol. The van der Waals surface area contributed by atoms with E-state index < -0.39 is 24.4 Å². The maximum Gasteiger partial charge on any atom is 0.111 e. The number of hydrogen-bond donors (Lipinski definition) is 3. The molecule has 5 nitrogen and oxygen atoms in total. The Kier molecular flexibility index (Phi) is 8.25.